The van der Waals surface area contributed by atoms with E-state index in [0.717, 1.165) is 6.20 Å². The summed E-state index contributed by atoms with van der Waals surface area (Å²) in [6.07, 6.45) is 2.15. The zero-order chi connectivity index (χ0) is 23.7. The van der Waals surface area contributed by atoms with Crippen LogP contribution in [0, 0.1) is 11.6 Å². The van der Waals surface area contributed by atoms with E-state index in [1.165, 1.54) is 41.3 Å². The van der Waals surface area contributed by atoms with Gasteiger partial charge in [0.1, 0.15) is 23.5 Å². The zero-order valence-corrected chi connectivity index (χ0v) is 18.2. The molecular formula is C23H15F2N5O3S. The maximum Gasteiger partial charge on any atom is 0.226 e. The lowest BCUT2D eigenvalue weighted by molar-refractivity contribution is 0.421. The molecule has 0 N–H and O–H groups in total. The van der Waals surface area contributed by atoms with E-state index in [-0.39, 0.29) is 23.0 Å². The van der Waals surface area contributed by atoms with Gasteiger partial charge in [0.15, 0.2) is 16.7 Å². The highest BCUT2D eigenvalue weighted by molar-refractivity contribution is 7.91. The van der Waals surface area contributed by atoms with Crippen LogP contribution in [0.3, 0.4) is 0 Å². The van der Waals surface area contributed by atoms with Crippen molar-refractivity contribution in [3.8, 4) is 22.9 Å². The van der Waals surface area contributed by atoms with Crippen LogP contribution in [0.1, 0.15) is 5.56 Å². The molecule has 3 aromatic heterocycles. The predicted octanol–water partition coefficient (Wildman–Crippen LogP) is 4.15. The highest BCUT2D eigenvalue weighted by Crippen LogP contribution is 2.27. The van der Waals surface area contributed by atoms with Gasteiger partial charge in [0, 0.05) is 11.6 Å². The SMILES string of the molecule is O=S(=O)(c1ccccc1)c1nc(-c2cc(-c3ccon3)n(Cc3ccccc3F)n2)ncc1F. The third kappa shape index (κ3) is 3.97. The van der Waals surface area contributed by atoms with E-state index >= 15 is 0 Å². The molecule has 0 spiro atoms. The average Bonchev–Trinajstić information content (AvgIpc) is 3.51. The second-order valence-corrected chi connectivity index (χ2v) is 9.08. The van der Waals surface area contributed by atoms with Crippen molar-refractivity contribution in [1.29, 1.82) is 0 Å². The van der Waals surface area contributed by atoms with Gasteiger partial charge in [-0.3, -0.25) is 4.68 Å². The van der Waals surface area contributed by atoms with Crippen molar-refractivity contribution >= 4 is 9.84 Å². The van der Waals surface area contributed by atoms with E-state index < -0.39 is 26.5 Å². The van der Waals surface area contributed by atoms with Crippen molar-refractivity contribution in [2.45, 2.75) is 16.5 Å². The summed E-state index contributed by atoms with van der Waals surface area (Å²) in [7, 11) is -4.24. The van der Waals surface area contributed by atoms with Crippen molar-refractivity contribution < 1.29 is 21.7 Å². The van der Waals surface area contributed by atoms with Crippen molar-refractivity contribution in [2.75, 3.05) is 0 Å². The van der Waals surface area contributed by atoms with Crippen molar-refractivity contribution in [3.05, 3.63) is 96.4 Å². The molecule has 34 heavy (non-hydrogen) atoms. The number of aromatic nitrogens is 5. The van der Waals surface area contributed by atoms with Gasteiger partial charge in [-0.15, -0.1) is 0 Å². The summed E-state index contributed by atoms with van der Waals surface area (Å²) in [6.45, 7) is 0.0469. The van der Waals surface area contributed by atoms with Gasteiger partial charge in [-0.2, -0.15) is 5.10 Å². The largest absolute Gasteiger partial charge is 0.364 e. The van der Waals surface area contributed by atoms with Crippen LogP contribution in [0.2, 0.25) is 0 Å². The fraction of sp³-hybridized carbons (Fsp3) is 0.0435. The number of rotatable bonds is 6. The molecule has 11 heteroatoms. The molecule has 0 fully saturated rings. The fourth-order valence-electron chi connectivity index (χ4n) is 3.36. The maximum absolute atomic E-state index is 14.5. The first kappa shape index (κ1) is 21.6. The van der Waals surface area contributed by atoms with Crippen LogP contribution < -0.4 is 0 Å². The first-order chi connectivity index (χ1) is 16.4. The lowest BCUT2D eigenvalue weighted by atomic mass is 10.2. The Balaban J connectivity index is 1.61. The van der Waals surface area contributed by atoms with E-state index in [1.807, 2.05) is 0 Å². The second-order valence-electron chi connectivity index (χ2n) is 7.21. The molecule has 5 aromatic rings. The Morgan fingerprint density at radius 2 is 1.68 bits per heavy atom. The Morgan fingerprint density at radius 1 is 0.912 bits per heavy atom. The number of hydrogen-bond acceptors (Lipinski definition) is 7. The second kappa shape index (κ2) is 8.60. The van der Waals surface area contributed by atoms with Crippen LogP contribution in [0.4, 0.5) is 8.78 Å². The van der Waals surface area contributed by atoms with Gasteiger partial charge in [0.25, 0.3) is 0 Å². The molecule has 2 aromatic carbocycles. The molecule has 0 amide bonds. The van der Waals surface area contributed by atoms with Gasteiger partial charge >= 0.3 is 0 Å². The zero-order valence-electron chi connectivity index (χ0n) is 17.3. The Kier molecular flexibility index (Phi) is 5.46. The van der Waals surface area contributed by atoms with Gasteiger partial charge in [-0.25, -0.2) is 27.2 Å². The Labute approximate surface area is 192 Å². The molecule has 0 saturated heterocycles. The molecule has 0 aliphatic heterocycles. The van der Waals surface area contributed by atoms with Gasteiger partial charge in [-0.1, -0.05) is 41.6 Å². The molecule has 0 bridgehead atoms. The minimum Gasteiger partial charge on any atom is -0.364 e. The lowest BCUT2D eigenvalue weighted by Crippen LogP contribution is -2.09. The van der Waals surface area contributed by atoms with Crippen LogP contribution in [-0.4, -0.2) is 33.3 Å². The number of nitrogens with zero attached hydrogens (tertiary/aromatic N) is 5. The van der Waals surface area contributed by atoms with E-state index in [0.29, 0.717) is 17.0 Å². The van der Waals surface area contributed by atoms with Crippen LogP contribution >= 0.6 is 0 Å². The molecule has 0 radical (unpaired) electrons. The van der Waals surface area contributed by atoms with Crippen molar-refractivity contribution in [3.63, 3.8) is 0 Å². The monoisotopic (exact) mass is 479 g/mol. The summed E-state index contributed by atoms with van der Waals surface area (Å²) in [5, 5.41) is 7.56. The highest BCUT2D eigenvalue weighted by atomic mass is 32.2. The molecule has 3 heterocycles. The summed E-state index contributed by atoms with van der Waals surface area (Å²) in [5.41, 5.74) is 1.38. The number of benzene rings is 2. The summed E-state index contributed by atoms with van der Waals surface area (Å²) >= 11 is 0. The summed E-state index contributed by atoms with van der Waals surface area (Å²) in [5.74, 6) is -1.62. The minimum atomic E-state index is -4.24. The Morgan fingerprint density at radius 3 is 2.41 bits per heavy atom. The predicted molar refractivity (Wildman–Crippen MR) is 116 cm³/mol. The normalized spacial score (nSPS) is 11.6. The first-order valence-electron chi connectivity index (χ1n) is 9.98. The quantitative estimate of drug-likeness (QED) is 0.337. The van der Waals surface area contributed by atoms with Crippen LogP contribution in [0.25, 0.3) is 22.9 Å². The molecule has 0 aliphatic rings. The molecule has 8 nitrogen and oxygen atoms in total. The van der Waals surface area contributed by atoms with E-state index in [2.05, 4.69) is 20.2 Å². The lowest BCUT2D eigenvalue weighted by Gasteiger charge is -2.07. The number of hydrogen-bond donors (Lipinski definition) is 0. The van der Waals surface area contributed by atoms with Gasteiger partial charge in [-0.05, 0) is 24.3 Å². The smallest absolute Gasteiger partial charge is 0.226 e. The number of sulfone groups is 1. The summed E-state index contributed by atoms with van der Waals surface area (Å²) < 4.78 is 61.1. The third-order valence-corrected chi connectivity index (χ3v) is 6.70. The highest BCUT2D eigenvalue weighted by Gasteiger charge is 2.26. The van der Waals surface area contributed by atoms with E-state index in [1.54, 1.807) is 36.4 Å². The topological polar surface area (TPSA) is 104 Å². The standard InChI is InChI=1S/C23H15F2N5O3S/c24-17-9-5-4-6-15(17)14-30-21(19-10-11-33-29-19)12-20(28-30)22-26-13-18(25)23(27-22)34(31,32)16-7-2-1-3-8-16/h1-13H,14H2. The van der Waals surface area contributed by atoms with Gasteiger partial charge in [0.05, 0.1) is 23.3 Å². The van der Waals surface area contributed by atoms with Crippen LogP contribution in [-0.2, 0) is 16.4 Å². The molecule has 0 unspecified atom stereocenters. The molecule has 170 valence electrons. The fourth-order valence-corrected chi connectivity index (χ4v) is 4.61. The van der Waals surface area contributed by atoms with E-state index in [4.69, 9.17) is 4.52 Å². The van der Waals surface area contributed by atoms with Crippen LogP contribution in [0.15, 0.2) is 93.6 Å². The molecule has 0 aliphatic carbocycles. The molecular weight excluding hydrogens is 464 g/mol. The van der Waals surface area contributed by atoms with Gasteiger partial charge < -0.3 is 4.52 Å². The summed E-state index contributed by atoms with van der Waals surface area (Å²) in [6, 6.07) is 16.8. The Bertz CT molecular complexity index is 1570. The van der Waals surface area contributed by atoms with Crippen LogP contribution in [0.5, 0.6) is 0 Å². The first-order valence-corrected chi connectivity index (χ1v) is 11.5. The van der Waals surface area contributed by atoms with Crippen molar-refractivity contribution in [1.82, 2.24) is 24.9 Å². The maximum atomic E-state index is 14.5. The minimum absolute atomic E-state index is 0.0469. The van der Waals surface area contributed by atoms with Gasteiger partial charge in [0.2, 0.25) is 9.84 Å². The number of halogens is 2. The summed E-state index contributed by atoms with van der Waals surface area (Å²) in [4.78, 5) is 7.81. The molecule has 0 atom stereocenters. The Hall–Kier alpha value is -4.25. The molecule has 0 saturated carbocycles. The molecule has 5 rings (SSSR count). The van der Waals surface area contributed by atoms with Crippen molar-refractivity contribution in [2.24, 2.45) is 0 Å². The third-order valence-electron chi connectivity index (χ3n) is 5.01. The average molecular weight is 479 g/mol. The van der Waals surface area contributed by atoms with E-state index in [9.17, 15) is 17.2 Å².